The Hall–Kier alpha value is -3.88. The van der Waals surface area contributed by atoms with E-state index in [1.165, 1.54) is 5.56 Å². The molecule has 0 saturated carbocycles. The lowest BCUT2D eigenvalue weighted by atomic mass is 10.1. The average molecular weight is 405 g/mol. The van der Waals surface area contributed by atoms with Gasteiger partial charge in [0.05, 0.1) is 18.5 Å². The van der Waals surface area contributed by atoms with Gasteiger partial charge in [-0.2, -0.15) is 5.10 Å². The molecule has 0 aliphatic rings. The van der Waals surface area contributed by atoms with Crippen molar-refractivity contribution in [2.75, 3.05) is 13.6 Å². The van der Waals surface area contributed by atoms with Crippen LogP contribution in [0.15, 0.2) is 62.8 Å². The first-order valence-corrected chi connectivity index (χ1v) is 9.62. The molecule has 0 saturated heterocycles. The van der Waals surface area contributed by atoms with Gasteiger partial charge in [-0.15, -0.1) is 0 Å². The summed E-state index contributed by atoms with van der Waals surface area (Å²) in [4.78, 5) is 13.2. The first kappa shape index (κ1) is 19.4. The van der Waals surface area contributed by atoms with Crippen LogP contribution >= 0.6 is 0 Å². The Kier molecular flexibility index (Phi) is 5.88. The Bertz CT molecular complexity index is 1090. The number of aryl methyl sites for hydroxylation is 1. The summed E-state index contributed by atoms with van der Waals surface area (Å²) in [5, 5.41) is 13.6. The van der Waals surface area contributed by atoms with Gasteiger partial charge in [-0.05, 0) is 31.2 Å². The van der Waals surface area contributed by atoms with Crippen molar-refractivity contribution in [1.29, 1.82) is 0 Å². The second-order valence-corrected chi connectivity index (χ2v) is 6.70. The van der Waals surface area contributed by atoms with Gasteiger partial charge in [0.1, 0.15) is 12.1 Å². The Morgan fingerprint density at radius 1 is 1.10 bits per heavy atom. The van der Waals surface area contributed by atoms with Gasteiger partial charge in [0, 0.05) is 25.6 Å². The SMILES string of the molecule is CN=C(NCCc1nc(-c2ccco2)n[nH]1)NCc1coc(-c2ccc(C)cc2)n1. The first-order chi connectivity index (χ1) is 14.7. The highest BCUT2D eigenvalue weighted by Crippen LogP contribution is 2.19. The average Bonchev–Trinajstić information content (AvgIpc) is 3.52. The van der Waals surface area contributed by atoms with Crippen LogP contribution in [0.1, 0.15) is 17.1 Å². The van der Waals surface area contributed by atoms with Crippen LogP contribution in [-0.2, 0) is 13.0 Å². The van der Waals surface area contributed by atoms with E-state index < -0.39 is 0 Å². The van der Waals surface area contributed by atoms with E-state index in [2.05, 4.69) is 35.8 Å². The van der Waals surface area contributed by atoms with E-state index in [0.717, 1.165) is 17.1 Å². The number of H-pyrrole nitrogens is 1. The lowest BCUT2D eigenvalue weighted by molar-refractivity contribution is 0.572. The van der Waals surface area contributed by atoms with Crippen molar-refractivity contribution in [2.24, 2.45) is 4.99 Å². The number of guanidine groups is 1. The number of hydrogen-bond donors (Lipinski definition) is 3. The maximum Gasteiger partial charge on any atom is 0.226 e. The molecule has 9 nitrogen and oxygen atoms in total. The van der Waals surface area contributed by atoms with E-state index >= 15 is 0 Å². The number of hydrogen-bond acceptors (Lipinski definition) is 6. The molecule has 154 valence electrons. The zero-order valence-electron chi connectivity index (χ0n) is 16.8. The number of oxazole rings is 1. The molecule has 0 unspecified atom stereocenters. The highest BCUT2D eigenvalue weighted by Gasteiger charge is 2.09. The van der Waals surface area contributed by atoms with Crippen molar-refractivity contribution in [2.45, 2.75) is 19.9 Å². The van der Waals surface area contributed by atoms with Crippen molar-refractivity contribution in [3.05, 3.63) is 66.0 Å². The van der Waals surface area contributed by atoms with Crippen molar-refractivity contribution in [1.82, 2.24) is 30.8 Å². The largest absolute Gasteiger partial charge is 0.461 e. The van der Waals surface area contributed by atoms with E-state index in [4.69, 9.17) is 8.83 Å². The first-order valence-electron chi connectivity index (χ1n) is 9.62. The van der Waals surface area contributed by atoms with Gasteiger partial charge < -0.3 is 19.5 Å². The normalized spacial score (nSPS) is 11.6. The zero-order chi connectivity index (χ0) is 20.8. The molecule has 4 aromatic rings. The minimum atomic E-state index is 0.500. The minimum Gasteiger partial charge on any atom is -0.461 e. The summed E-state index contributed by atoms with van der Waals surface area (Å²) < 4.78 is 10.9. The Morgan fingerprint density at radius 2 is 1.97 bits per heavy atom. The molecule has 0 atom stereocenters. The van der Waals surface area contributed by atoms with Crippen LogP contribution in [0.5, 0.6) is 0 Å². The summed E-state index contributed by atoms with van der Waals surface area (Å²) in [6.07, 6.45) is 3.91. The molecule has 0 radical (unpaired) electrons. The molecule has 0 fully saturated rings. The third-order valence-electron chi connectivity index (χ3n) is 4.44. The van der Waals surface area contributed by atoms with Crippen LogP contribution in [0.4, 0.5) is 0 Å². The summed E-state index contributed by atoms with van der Waals surface area (Å²) in [5.74, 6) is 3.23. The van der Waals surface area contributed by atoms with E-state index in [-0.39, 0.29) is 0 Å². The number of aromatic nitrogens is 4. The number of aliphatic imine (C=N–C) groups is 1. The van der Waals surface area contributed by atoms with Gasteiger partial charge in [-0.25, -0.2) is 9.97 Å². The number of rotatable bonds is 7. The maximum absolute atomic E-state index is 5.59. The summed E-state index contributed by atoms with van der Waals surface area (Å²) in [5.41, 5.74) is 2.95. The quantitative estimate of drug-likeness (QED) is 0.320. The third-order valence-corrected chi connectivity index (χ3v) is 4.44. The molecule has 0 amide bonds. The van der Waals surface area contributed by atoms with E-state index in [9.17, 15) is 0 Å². The molecule has 30 heavy (non-hydrogen) atoms. The van der Waals surface area contributed by atoms with Crippen LogP contribution < -0.4 is 10.6 Å². The van der Waals surface area contributed by atoms with Crippen molar-refractivity contribution in [3.8, 4) is 23.0 Å². The fraction of sp³-hybridized carbons (Fsp3) is 0.238. The highest BCUT2D eigenvalue weighted by atomic mass is 16.3. The van der Waals surface area contributed by atoms with E-state index in [1.807, 2.05) is 37.3 Å². The molecule has 0 aliphatic carbocycles. The minimum absolute atomic E-state index is 0.500. The smallest absolute Gasteiger partial charge is 0.226 e. The monoisotopic (exact) mass is 405 g/mol. The molecule has 0 spiro atoms. The van der Waals surface area contributed by atoms with Crippen molar-refractivity contribution >= 4 is 5.96 Å². The van der Waals surface area contributed by atoms with Crippen molar-refractivity contribution in [3.63, 3.8) is 0 Å². The molecular formula is C21H23N7O2. The van der Waals surface area contributed by atoms with Gasteiger partial charge in [0.15, 0.2) is 11.7 Å². The van der Waals surface area contributed by atoms with E-state index in [1.54, 1.807) is 25.6 Å². The highest BCUT2D eigenvalue weighted by molar-refractivity contribution is 5.79. The van der Waals surface area contributed by atoms with Gasteiger partial charge in [0.25, 0.3) is 0 Å². The molecule has 3 aromatic heterocycles. The molecule has 9 heteroatoms. The molecule has 1 aromatic carbocycles. The van der Waals surface area contributed by atoms with Gasteiger partial charge >= 0.3 is 0 Å². The molecule has 3 heterocycles. The lowest BCUT2D eigenvalue weighted by Crippen LogP contribution is -2.38. The predicted octanol–water partition coefficient (Wildman–Crippen LogP) is 2.94. The predicted molar refractivity (Wildman–Crippen MR) is 113 cm³/mol. The Labute approximate surface area is 173 Å². The lowest BCUT2D eigenvalue weighted by Gasteiger charge is -2.09. The second-order valence-electron chi connectivity index (χ2n) is 6.70. The molecule has 3 N–H and O–H groups in total. The summed E-state index contributed by atoms with van der Waals surface area (Å²) in [6, 6.07) is 11.7. The fourth-order valence-corrected chi connectivity index (χ4v) is 2.83. The number of nitrogens with one attached hydrogen (secondary N) is 3. The van der Waals surface area contributed by atoms with Gasteiger partial charge in [0.2, 0.25) is 11.7 Å². The zero-order valence-corrected chi connectivity index (χ0v) is 16.8. The van der Waals surface area contributed by atoms with Crippen molar-refractivity contribution < 1.29 is 8.83 Å². The standard InChI is InChI=1S/C21H23N7O2/c1-14-5-7-15(8-6-14)20-25-16(13-30-20)12-24-21(22-2)23-10-9-18-26-19(28-27-18)17-4-3-11-29-17/h3-8,11,13H,9-10,12H2,1-2H3,(H2,22,23,24)(H,26,27,28). The molecule has 0 aliphatic heterocycles. The Morgan fingerprint density at radius 3 is 2.73 bits per heavy atom. The van der Waals surface area contributed by atoms with Crippen LogP contribution in [0.2, 0.25) is 0 Å². The van der Waals surface area contributed by atoms with Gasteiger partial charge in [-0.3, -0.25) is 10.1 Å². The number of furan rings is 1. The molecular weight excluding hydrogens is 382 g/mol. The number of nitrogens with zero attached hydrogens (tertiary/aromatic N) is 4. The molecule has 0 bridgehead atoms. The second kappa shape index (κ2) is 9.08. The summed E-state index contributed by atoms with van der Waals surface area (Å²) in [6.45, 7) is 3.19. The van der Waals surface area contributed by atoms with Gasteiger partial charge in [-0.1, -0.05) is 17.7 Å². The van der Waals surface area contributed by atoms with Crippen LogP contribution in [0.25, 0.3) is 23.0 Å². The summed E-state index contributed by atoms with van der Waals surface area (Å²) in [7, 11) is 1.72. The third kappa shape index (κ3) is 4.75. The fourth-order valence-electron chi connectivity index (χ4n) is 2.83. The van der Waals surface area contributed by atoms with Crippen LogP contribution in [0.3, 0.4) is 0 Å². The van der Waals surface area contributed by atoms with Crippen LogP contribution in [0, 0.1) is 6.92 Å². The molecule has 4 rings (SSSR count). The Balaban J connectivity index is 1.25. The maximum atomic E-state index is 5.59. The summed E-state index contributed by atoms with van der Waals surface area (Å²) >= 11 is 0. The topological polar surface area (TPSA) is 117 Å². The van der Waals surface area contributed by atoms with E-state index in [0.29, 0.717) is 42.9 Å². The van der Waals surface area contributed by atoms with Crippen LogP contribution in [-0.4, -0.2) is 39.7 Å². The number of aromatic amines is 1. The number of benzene rings is 1.